The van der Waals surface area contributed by atoms with Crippen LogP contribution >= 0.6 is 0 Å². The van der Waals surface area contributed by atoms with E-state index in [1.54, 1.807) is 0 Å². The average molecular weight is 460 g/mol. The number of aromatic amines is 1. The Morgan fingerprint density at radius 2 is 1.94 bits per heavy atom. The van der Waals surface area contributed by atoms with E-state index in [-0.39, 0.29) is 23.3 Å². The van der Waals surface area contributed by atoms with Crippen molar-refractivity contribution >= 4 is 21.1 Å². The Balaban J connectivity index is 1.58. The Labute approximate surface area is 173 Å². The topological polar surface area (TPSA) is 125 Å². The Kier molecular flexibility index (Phi) is 5.05. The van der Waals surface area contributed by atoms with Gasteiger partial charge in [-0.05, 0) is 0 Å². The van der Waals surface area contributed by atoms with E-state index >= 15 is 0 Å². The van der Waals surface area contributed by atoms with Gasteiger partial charge < -0.3 is 23.9 Å². The molecule has 0 saturated heterocycles. The van der Waals surface area contributed by atoms with Crippen LogP contribution in [0.3, 0.4) is 0 Å². The van der Waals surface area contributed by atoms with Crippen LogP contribution in [0.1, 0.15) is 5.69 Å². The third-order valence-electron chi connectivity index (χ3n) is 4.29. The normalized spacial score (nSPS) is 17.5. The summed E-state index contributed by atoms with van der Waals surface area (Å²) in [6.45, 7) is -0.196. The van der Waals surface area contributed by atoms with E-state index in [0.29, 0.717) is 17.2 Å². The minimum Gasteiger partial charge on any atom is -0.493 e. The van der Waals surface area contributed by atoms with Crippen LogP contribution < -0.4 is 23.7 Å². The lowest BCUT2D eigenvalue weighted by molar-refractivity contribution is -0.281. The summed E-state index contributed by atoms with van der Waals surface area (Å²) in [6, 6.07) is 3.64. The van der Waals surface area contributed by atoms with Crippen molar-refractivity contribution in [2.45, 2.75) is 24.2 Å². The molecule has 0 amide bonds. The van der Waals surface area contributed by atoms with Crippen LogP contribution in [0.2, 0.25) is 0 Å². The predicted octanol–water partition coefficient (Wildman–Crippen LogP) is 2.11. The van der Waals surface area contributed by atoms with Gasteiger partial charge in [-0.1, -0.05) is 0 Å². The van der Waals surface area contributed by atoms with E-state index in [2.05, 4.69) is 29.1 Å². The van der Waals surface area contributed by atoms with Crippen LogP contribution in [0, 0.1) is 0 Å². The largest absolute Gasteiger partial charge is 0.493 e. The zero-order valence-electron chi connectivity index (χ0n) is 16.0. The molecule has 0 aliphatic carbocycles. The number of ether oxygens (including phenoxy) is 4. The van der Waals surface area contributed by atoms with Gasteiger partial charge in [0.2, 0.25) is 5.16 Å². The third-order valence-corrected chi connectivity index (χ3v) is 5.52. The number of pyridine rings is 1. The number of methoxy groups -OCH3 is 2. The molecule has 10 nitrogen and oxygen atoms in total. The lowest BCUT2D eigenvalue weighted by Crippen LogP contribution is -2.43. The summed E-state index contributed by atoms with van der Waals surface area (Å²) in [4.78, 5) is 10.5. The van der Waals surface area contributed by atoms with Crippen molar-refractivity contribution in [2.75, 3.05) is 14.2 Å². The Morgan fingerprint density at radius 3 is 2.65 bits per heavy atom. The molecule has 166 valence electrons. The number of imidazole rings is 1. The third kappa shape index (κ3) is 3.90. The molecule has 4 rings (SSSR count). The number of nitrogens with zero attached hydrogens (tertiary/aromatic N) is 2. The fourth-order valence-corrected chi connectivity index (χ4v) is 3.72. The molecule has 31 heavy (non-hydrogen) atoms. The number of nitrogens with one attached hydrogen (secondary N) is 2. The number of sulfonamides is 1. The van der Waals surface area contributed by atoms with Gasteiger partial charge in [-0.3, -0.25) is 4.98 Å². The van der Waals surface area contributed by atoms with E-state index in [1.807, 2.05) is 0 Å². The molecule has 3 heterocycles. The van der Waals surface area contributed by atoms with Crippen molar-refractivity contribution in [3.63, 3.8) is 0 Å². The molecule has 1 aromatic carbocycles. The Bertz CT molecular complexity index is 1250. The number of fused-ring (bicyclic) bond motifs is 2. The van der Waals surface area contributed by atoms with Gasteiger partial charge >= 0.3 is 12.5 Å². The number of benzene rings is 1. The molecule has 2 aromatic heterocycles. The molecule has 0 fully saturated rings. The van der Waals surface area contributed by atoms with Gasteiger partial charge in [-0.2, -0.15) is 13.2 Å². The lowest BCUT2D eigenvalue weighted by atomic mass is 10.2. The summed E-state index contributed by atoms with van der Waals surface area (Å²) in [7, 11) is -1.28. The molecule has 0 radical (unpaired) electrons. The van der Waals surface area contributed by atoms with Gasteiger partial charge in [0.1, 0.15) is 0 Å². The monoisotopic (exact) mass is 460 g/mol. The fraction of sp³-hybridized carbons (Fsp3) is 0.294. The van der Waals surface area contributed by atoms with Crippen molar-refractivity contribution in [3.8, 4) is 23.0 Å². The summed E-state index contributed by atoms with van der Waals surface area (Å²) in [5.41, 5.74) is 0.454. The first kappa shape index (κ1) is 21.0. The lowest BCUT2D eigenvalue weighted by Gasteiger charge is -2.28. The van der Waals surface area contributed by atoms with Gasteiger partial charge in [0.05, 0.1) is 43.7 Å². The van der Waals surface area contributed by atoms with E-state index in [9.17, 15) is 21.6 Å². The van der Waals surface area contributed by atoms with E-state index in [0.717, 1.165) is 12.1 Å². The van der Waals surface area contributed by atoms with Crippen LogP contribution in [-0.2, 0) is 16.6 Å². The molecule has 1 unspecified atom stereocenters. The fourth-order valence-electron chi connectivity index (χ4n) is 2.78. The van der Waals surface area contributed by atoms with Crippen LogP contribution in [0.25, 0.3) is 11.0 Å². The number of halogens is 3. The molecule has 1 atom stereocenters. The molecular formula is C17H15F3N4O6S. The highest BCUT2D eigenvalue weighted by Crippen LogP contribution is 2.42. The molecule has 1 aliphatic heterocycles. The molecular weight excluding hydrogens is 445 g/mol. The van der Waals surface area contributed by atoms with Gasteiger partial charge in [0.15, 0.2) is 23.0 Å². The van der Waals surface area contributed by atoms with Gasteiger partial charge in [0, 0.05) is 18.2 Å². The van der Waals surface area contributed by atoms with Gasteiger partial charge in [0.25, 0.3) is 10.0 Å². The molecule has 1 aliphatic rings. The first-order valence-corrected chi connectivity index (χ1v) is 10.1. The van der Waals surface area contributed by atoms with Crippen LogP contribution in [0.5, 0.6) is 23.0 Å². The van der Waals surface area contributed by atoms with Crippen molar-refractivity contribution in [2.24, 2.45) is 0 Å². The molecule has 0 spiro atoms. The molecule has 3 aromatic rings. The highest BCUT2D eigenvalue weighted by Gasteiger charge is 2.49. The zero-order chi connectivity index (χ0) is 22.4. The number of hydrogen-bond acceptors (Lipinski definition) is 8. The highest BCUT2D eigenvalue weighted by atomic mass is 32.2. The highest BCUT2D eigenvalue weighted by molar-refractivity contribution is 7.89. The first-order valence-electron chi connectivity index (χ1n) is 8.61. The summed E-state index contributed by atoms with van der Waals surface area (Å²) < 4.78 is 86.6. The summed E-state index contributed by atoms with van der Waals surface area (Å²) >= 11 is 0. The van der Waals surface area contributed by atoms with Crippen LogP contribution in [0.4, 0.5) is 13.2 Å². The smallest absolute Gasteiger partial charge is 0.468 e. The van der Waals surface area contributed by atoms with Crippen molar-refractivity contribution in [1.29, 1.82) is 0 Å². The minimum atomic E-state index is -4.18. The maximum Gasteiger partial charge on any atom is 0.468 e. The maximum atomic E-state index is 13.4. The predicted molar refractivity (Wildman–Crippen MR) is 98.6 cm³/mol. The Hall–Kier alpha value is -3.26. The molecule has 0 saturated carbocycles. The van der Waals surface area contributed by atoms with E-state index < -0.39 is 33.4 Å². The van der Waals surface area contributed by atoms with E-state index in [4.69, 9.17) is 9.47 Å². The minimum absolute atomic E-state index is 0.0457. The van der Waals surface area contributed by atoms with Crippen molar-refractivity contribution in [1.82, 2.24) is 19.7 Å². The van der Waals surface area contributed by atoms with Crippen LogP contribution in [0.15, 0.2) is 29.6 Å². The average Bonchev–Trinajstić information content (AvgIpc) is 3.15. The van der Waals surface area contributed by atoms with Crippen molar-refractivity contribution < 1.29 is 40.5 Å². The second-order valence-electron chi connectivity index (χ2n) is 6.31. The number of rotatable bonds is 6. The zero-order valence-corrected chi connectivity index (χ0v) is 16.8. The second-order valence-corrected chi connectivity index (χ2v) is 7.99. The van der Waals surface area contributed by atoms with Gasteiger partial charge in [-0.15, -0.1) is 0 Å². The maximum absolute atomic E-state index is 13.4. The number of hydrogen-bond donors (Lipinski definition) is 2. The summed E-state index contributed by atoms with van der Waals surface area (Å²) in [5, 5.41) is -0.492. The van der Waals surface area contributed by atoms with Crippen molar-refractivity contribution in [3.05, 3.63) is 30.1 Å². The quantitative estimate of drug-likeness (QED) is 0.573. The second kappa shape index (κ2) is 7.46. The molecule has 14 heteroatoms. The summed E-state index contributed by atoms with van der Waals surface area (Å²) in [5.74, 6) is -0.0461. The first-order chi connectivity index (χ1) is 14.6. The SMILES string of the molecule is COc1cnc(CNS(=O)(=O)c2nc3cc4c(cc3[nH]2)OC(F)(F)C(F)O4)cc1OC. The van der Waals surface area contributed by atoms with E-state index in [1.165, 1.54) is 26.5 Å². The number of alkyl halides is 3. The standard InChI is InChI=1S/C17H15F3N4O6S/c1-27-11-3-8(21-7-14(11)28-2)6-22-31(25,26)16-23-9-4-12-13(5-10(9)24-16)30-17(19,20)15(18)29-12/h3-5,7,15,22H,6H2,1-2H3,(H,23,24). The van der Waals surface area contributed by atoms with Gasteiger partial charge in [-0.25, -0.2) is 18.1 Å². The number of aromatic nitrogens is 3. The number of H-pyrrole nitrogens is 1. The Morgan fingerprint density at radius 1 is 1.19 bits per heavy atom. The van der Waals surface area contributed by atoms with Crippen LogP contribution in [-0.4, -0.2) is 50.1 Å². The summed E-state index contributed by atoms with van der Waals surface area (Å²) in [6.07, 6.45) is -5.80. The molecule has 2 N–H and O–H groups in total. The molecule has 0 bridgehead atoms.